The Kier molecular flexibility index (Phi) is 6.75. The second-order valence-electron chi connectivity index (χ2n) is 7.42. The molecule has 170 valence electrons. The lowest BCUT2D eigenvalue weighted by Gasteiger charge is -2.21. The van der Waals surface area contributed by atoms with Crippen LogP contribution in [0.3, 0.4) is 0 Å². The van der Waals surface area contributed by atoms with Crippen LogP contribution in [0.1, 0.15) is 25.1 Å². The van der Waals surface area contributed by atoms with E-state index in [2.05, 4.69) is 0 Å². The number of hydrogen-bond acceptors (Lipinski definition) is 5. The highest BCUT2D eigenvalue weighted by atomic mass is 31.2. The van der Waals surface area contributed by atoms with E-state index in [9.17, 15) is 14.7 Å². The first kappa shape index (κ1) is 22.9. The van der Waals surface area contributed by atoms with E-state index >= 15 is 0 Å². The standard InChI is InChI=1S/C25H25N2O5P/c1-3-31-33(30,32-4-2)25-23-16-9-8-15-22(23)24(17-19-11-6-5-7-12-19)26(25)20-13-10-14-21(18-20)27(28)29/h5-16,18H,3-4,17H2,1-2H3. The molecule has 4 aromatic rings. The van der Waals surface area contributed by atoms with E-state index in [4.69, 9.17) is 9.05 Å². The number of nitrogens with zero attached hydrogens (tertiary/aromatic N) is 2. The molecular weight excluding hydrogens is 439 g/mol. The molecule has 0 N–H and O–H groups in total. The molecule has 0 saturated heterocycles. The fourth-order valence-electron chi connectivity index (χ4n) is 4.06. The van der Waals surface area contributed by atoms with Crippen molar-refractivity contribution in [1.82, 2.24) is 4.57 Å². The SMILES string of the molecule is CCOP(=O)(OCC)c1c2ccccc2c(Cc2ccccc2)n1-c1cccc([N+](=O)[O-])c1. The summed E-state index contributed by atoms with van der Waals surface area (Å²) >= 11 is 0. The van der Waals surface area contributed by atoms with Gasteiger partial charge in [0.1, 0.15) is 5.44 Å². The van der Waals surface area contributed by atoms with Gasteiger partial charge in [0, 0.05) is 35.0 Å². The summed E-state index contributed by atoms with van der Waals surface area (Å²) in [7, 11) is -3.75. The van der Waals surface area contributed by atoms with Crippen molar-refractivity contribution in [2.24, 2.45) is 0 Å². The lowest BCUT2D eigenvalue weighted by Crippen LogP contribution is -2.21. The third-order valence-corrected chi connectivity index (χ3v) is 7.49. The molecule has 0 aliphatic carbocycles. The Bertz CT molecular complexity index is 1320. The van der Waals surface area contributed by atoms with Crippen LogP contribution in [0.25, 0.3) is 16.5 Å². The monoisotopic (exact) mass is 464 g/mol. The highest BCUT2D eigenvalue weighted by molar-refractivity contribution is 7.62. The fourth-order valence-corrected chi connectivity index (χ4v) is 6.03. The zero-order valence-electron chi connectivity index (χ0n) is 18.5. The van der Waals surface area contributed by atoms with Gasteiger partial charge in [-0.1, -0.05) is 60.7 Å². The van der Waals surface area contributed by atoms with Crippen LogP contribution in [0.5, 0.6) is 0 Å². The molecule has 0 fully saturated rings. The molecule has 0 amide bonds. The fraction of sp³-hybridized carbons (Fsp3) is 0.200. The van der Waals surface area contributed by atoms with E-state index in [-0.39, 0.29) is 18.9 Å². The minimum atomic E-state index is -3.75. The predicted octanol–water partition coefficient (Wildman–Crippen LogP) is 6.02. The number of benzene rings is 3. The van der Waals surface area contributed by atoms with Crippen molar-refractivity contribution in [1.29, 1.82) is 0 Å². The molecule has 0 unspecified atom stereocenters. The Hall–Kier alpha value is -3.25. The number of aromatic nitrogens is 1. The first-order valence-electron chi connectivity index (χ1n) is 10.8. The Morgan fingerprint density at radius 3 is 2.15 bits per heavy atom. The molecule has 0 saturated carbocycles. The van der Waals surface area contributed by atoms with Gasteiger partial charge in [0.15, 0.2) is 0 Å². The Labute approximate surface area is 192 Å². The van der Waals surface area contributed by atoms with E-state index < -0.39 is 12.5 Å². The molecule has 1 heterocycles. The van der Waals surface area contributed by atoms with Gasteiger partial charge in [-0.25, -0.2) is 0 Å². The van der Waals surface area contributed by atoms with Crippen molar-refractivity contribution in [3.8, 4) is 5.69 Å². The molecule has 1 aromatic heterocycles. The van der Waals surface area contributed by atoms with Gasteiger partial charge in [-0.3, -0.25) is 14.7 Å². The summed E-state index contributed by atoms with van der Waals surface area (Å²) in [6.45, 7) is 3.91. The van der Waals surface area contributed by atoms with E-state index in [1.807, 2.05) is 59.2 Å². The third kappa shape index (κ3) is 4.48. The normalized spacial score (nSPS) is 11.7. The molecule has 0 spiro atoms. The van der Waals surface area contributed by atoms with Gasteiger partial charge in [-0.15, -0.1) is 0 Å². The minimum absolute atomic E-state index is 0.0514. The summed E-state index contributed by atoms with van der Waals surface area (Å²) in [5, 5.41) is 13.1. The topological polar surface area (TPSA) is 83.6 Å². The van der Waals surface area contributed by atoms with E-state index in [1.165, 1.54) is 12.1 Å². The summed E-state index contributed by atoms with van der Waals surface area (Å²) in [6, 6.07) is 23.9. The molecule has 7 nitrogen and oxygen atoms in total. The molecule has 4 rings (SSSR count). The Balaban J connectivity index is 2.09. The van der Waals surface area contributed by atoms with Crippen LogP contribution in [0.2, 0.25) is 0 Å². The first-order valence-corrected chi connectivity index (χ1v) is 12.3. The number of nitro groups is 1. The van der Waals surface area contributed by atoms with Crippen LogP contribution >= 0.6 is 7.60 Å². The molecule has 0 radical (unpaired) electrons. The maximum absolute atomic E-state index is 14.1. The van der Waals surface area contributed by atoms with Crippen LogP contribution in [0.15, 0.2) is 78.9 Å². The number of rotatable bonds is 9. The van der Waals surface area contributed by atoms with Crippen molar-refractivity contribution in [2.75, 3.05) is 13.2 Å². The van der Waals surface area contributed by atoms with E-state index in [0.717, 1.165) is 22.0 Å². The summed E-state index contributed by atoms with van der Waals surface area (Å²) in [4.78, 5) is 11.1. The number of non-ortho nitro benzene ring substituents is 1. The smallest absolute Gasteiger partial charge is 0.305 e. The molecule has 0 bridgehead atoms. The molecule has 33 heavy (non-hydrogen) atoms. The summed E-state index contributed by atoms with van der Waals surface area (Å²) < 4.78 is 27.4. The van der Waals surface area contributed by atoms with Crippen molar-refractivity contribution >= 4 is 29.5 Å². The molecule has 8 heteroatoms. The van der Waals surface area contributed by atoms with Crippen molar-refractivity contribution < 1.29 is 18.5 Å². The molecule has 3 aromatic carbocycles. The molecule has 0 aliphatic heterocycles. The zero-order valence-corrected chi connectivity index (χ0v) is 19.4. The van der Waals surface area contributed by atoms with Gasteiger partial charge < -0.3 is 13.6 Å². The molecule has 0 aliphatic rings. The van der Waals surface area contributed by atoms with Crippen molar-refractivity contribution in [3.63, 3.8) is 0 Å². The third-order valence-electron chi connectivity index (χ3n) is 5.33. The average Bonchev–Trinajstić information content (AvgIpc) is 3.15. The van der Waals surface area contributed by atoms with Crippen molar-refractivity contribution in [2.45, 2.75) is 20.3 Å². The highest BCUT2D eigenvalue weighted by Gasteiger charge is 2.36. The minimum Gasteiger partial charge on any atom is -0.305 e. The van der Waals surface area contributed by atoms with Gasteiger partial charge in [-0.05, 0) is 25.5 Å². The maximum Gasteiger partial charge on any atom is 0.378 e. The van der Waals surface area contributed by atoms with Crippen LogP contribution in [-0.2, 0) is 20.0 Å². The summed E-state index contributed by atoms with van der Waals surface area (Å²) in [5.74, 6) is 0. The number of hydrogen-bond donors (Lipinski definition) is 0. The first-order chi connectivity index (χ1) is 16.0. The van der Waals surface area contributed by atoms with E-state index in [0.29, 0.717) is 17.5 Å². The van der Waals surface area contributed by atoms with Gasteiger partial charge in [0.05, 0.1) is 23.8 Å². The second kappa shape index (κ2) is 9.71. The van der Waals surface area contributed by atoms with Crippen LogP contribution in [0, 0.1) is 10.1 Å². The highest BCUT2D eigenvalue weighted by Crippen LogP contribution is 2.50. The Morgan fingerprint density at radius 1 is 0.879 bits per heavy atom. The van der Waals surface area contributed by atoms with Crippen LogP contribution in [-0.4, -0.2) is 22.7 Å². The predicted molar refractivity (Wildman–Crippen MR) is 130 cm³/mol. The number of fused-ring (bicyclic) bond motifs is 1. The Morgan fingerprint density at radius 2 is 1.52 bits per heavy atom. The summed E-state index contributed by atoms with van der Waals surface area (Å²) in [5.41, 5.74) is 2.77. The quantitative estimate of drug-likeness (QED) is 0.172. The lowest BCUT2D eigenvalue weighted by atomic mass is 10.1. The molecular formula is C25H25N2O5P. The van der Waals surface area contributed by atoms with Gasteiger partial charge in [-0.2, -0.15) is 0 Å². The largest absolute Gasteiger partial charge is 0.378 e. The van der Waals surface area contributed by atoms with Crippen molar-refractivity contribution in [3.05, 3.63) is 100 Å². The lowest BCUT2D eigenvalue weighted by molar-refractivity contribution is -0.384. The maximum atomic E-state index is 14.1. The average molecular weight is 464 g/mol. The zero-order chi connectivity index (χ0) is 23.4. The number of nitro benzene ring substituents is 1. The van der Waals surface area contributed by atoms with Gasteiger partial charge in [0.25, 0.3) is 5.69 Å². The van der Waals surface area contributed by atoms with E-state index in [1.54, 1.807) is 26.0 Å². The second-order valence-corrected chi connectivity index (χ2v) is 9.36. The molecule has 0 atom stereocenters. The van der Waals surface area contributed by atoms with Gasteiger partial charge >= 0.3 is 7.60 Å². The summed E-state index contributed by atoms with van der Waals surface area (Å²) in [6.07, 6.45) is 0.530. The van der Waals surface area contributed by atoms with Crippen LogP contribution < -0.4 is 5.44 Å². The van der Waals surface area contributed by atoms with Crippen LogP contribution in [0.4, 0.5) is 5.69 Å². The van der Waals surface area contributed by atoms with Gasteiger partial charge in [0.2, 0.25) is 0 Å².